The van der Waals surface area contributed by atoms with Crippen molar-refractivity contribution in [2.24, 2.45) is 5.73 Å². The van der Waals surface area contributed by atoms with Gasteiger partial charge in [-0.2, -0.15) is 4.31 Å². The summed E-state index contributed by atoms with van der Waals surface area (Å²) in [5.41, 5.74) is 4.89. The number of amides is 1. The number of nitrogens with one attached hydrogen (secondary N) is 1. The summed E-state index contributed by atoms with van der Waals surface area (Å²) < 4.78 is 24.5. The van der Waals surface area contributed by atoms with E-state index in [-0.39, 0.29) is 5.03 Å². The molecule has 0 saturated carbocycles. The van der Waals surface area contributed by atoms with Crippen molar-refractivity contribution in [2.75, 3.05) is 13.1 Å². The van der Waals surface area contributed by atoms with Crippen molar-refractivity contribution in [1.29, 1.82) is 0 Å². The molecule has 0 saturated heterocycles. The summed E-state index contributed by atoms with van der Waals surface area (Å²) in [5.74, 6) is -1.99. The fourth-order valence-corrected chi connectivity index (χ4v) is 2.54. The maximum Gasteiger partial charge on any atom is 0.318 e. The van der Waals surface area contributed by atoms with Gasteiger partial charge in [-0.05, 0) is 6.92 Å². The number of carbonyl (C=O) groups is 2. The van der Waals surface area contributed by atoms with Gasteiger partial charge in [-0.3, -0.25) is 9.59 Å². The van der Waals surface area contributed by atoms with E-state index in [4.69, 9.17) is 10.8 Å². The molecule has 0 aliphatic heterocycles. The van der Waals surface area contributed by atoms with Crippen LogP contribution in [0.2, 0.25) is 0 Å². The standard InChI is InChI=1S/C8H12N4O5S/c1-5-10-2-7(11-5)18(16,17)12(3-6(9)13)4-8(14)15/h2H,3-4H2,1H3,(H2,9,13)(H,10,11)(H,14,15). The van der Waals surface area contributed by atoms with Crippen molar-refractivity contribution in [3.05, 3.63) is 12.0 Å². The van der Waals surface area contributed by atoms with E-state index in [1.54, 1.807) is 0 Å². The molecule has 0 unspecified atom stereocenters. The maximum atomic E-state index is 12.0. The third kappa shape index (κ3) is 3.28. The molecule has 10 heteroatoms. The van der Waals surface area contributed by atoms with E-state index in [1.807, 2.05) is 0 Å². The lowest BCUT2D eigenvalue weighted by atomic mass is 10.5. The third-order valence-corrected chi connectivity index (χ3v) is 3.64. The van der Waals surface area contributed by atoms with E-state index >= 15 is 0 Å². The summed E-state index contributed by atoms with van der Waals surface area (Å²) in [6.45, 7) is -0.0370. The van der Waals surface area contributed by atoms with E-state index in [1.165, 1.54) is 6.92 Å². The summed E-state index contributed by atoms with van der Waals surface area (Å²) in [6.07, 6.45) is 1.04. The number of carbonyl (C=O) groups excluding carboxylic acids is 1. The SMILES string of the molecule is Cc1ncc(S(=O)(=O)N(CC(N)=O)CC(=O)O)[nH]1. The van der Waals surface area contributed by atoms with E-state index in [2.05, 4.69) is 9.97 Å². The van der Waals surface area contributed by atoms with Crippen LogP contribution in [0.1, 0.15) is 5.82 Å². The molecule has 0 aromatic carbocycles. The third-order valence-electron chi connectivity index (χ3n) is 1.94. The van der Waals surface area contributed by atoms with Crippen LogP contribution in [0.3, 0.4) is 0 Å². The van der Waals surface area contributed by atoms with Crippen LogP contribution in [0.4, 0.5) is 0 Å². The minimum atomic E-state index is -4.14. The Morgan fingerprint density at radius 2 is 2.11 bits per heavy atom. The van der Waals surface area contributed by atoms with Crippen molar-refractivity contribution >= 4 is 21.9 Å². The molecule has 100 valence electrons. The second-order valence-corrected chi connectivity index (χ2v) is 5.37. The van der Waals surface area contributed by atoms with E-state index in [0.717, 1.165) is 6.20 Å². The number of aromatic amines is 1. The predicted molar refractivity (Wildman–Crippen MR) is 58.9 cm³/mol. The lowest BCUT2D eigenvalue weighted by molar-refractivity contribution is -0.137. The fourth-order valence-electron chi connectivity index (χ4n) is 1.22. The van der Waals surface area contributed by atoms with E-state index < -0.39 is 35.0 Å². The van der Waals surface area contributed by atoms with Gasteiger partial charge < -0.3 is 15.8 Å². The van der Waals surface area contributed by atoms with Crippen LogP contribution in [0.25, 0.3) is 0 Å². The number of H-pyrrole nitrogens is 1. The number of carboxylic acid groups (broad SMARTS) is 1. The van der Waals surface area contributed by atoms with Gasteiger partial charge in [0.1, 0.15) is 12.4 Å². The molecule has 1 amide bonds. The summed E-state index contributed by atoms with van der Waals surface area (Å²) in [7, 11) is -4.14. The number of aromatic nitrogens is 2. The highest BCUT2D eigenvalue weighted by Gasteiger charge is 2.29. The first-order valence-electron chi connectivity index (χ1n) is 4.75. The summed E-state index contributed by atoms with van der Waals surface area (Å²) in [5, 5.41) is 8.34. The molecule has 1 rings (SSSR count). The number of aliphatic carboxylic acids is 1. The first kappa shape index (κ1) is 14.1. The molecule has 4 N–H and O–H groups in total. The Morgan fingerprint density at radius 3 is 2.50 bits per heavy atom. The molecule has 0 aliphatic rings. The molecule has 1 aromatic rings. The quantitative estimate of drug-likeness (QED) is 0.563. The average Bonchev–Trinajstić information content (AvgIpc) is 2.63. The number of aryl methyl sites for hydroxylation is 1. The van der Waals surface area contributed by atoms with Crippen molar-refractivity contribution in [1.82, 2.24) is 14.3 Å². The van der Waals surface area contributed by atoms with E-state index in [9.17, 15) is 18.0 Å². The Bertz CT molecular complexity index is 548. The normalized spacial score (nSPS) is 11.7. The number of nitrogens with two attached hydrogens (primary N) is 1. The molecule has 0 spiro atoms. The minimum absolute atomic E-state index is 0.289. The van der Waals surface area contributed by atoms with Crippen LogP contribution < -0.4 is 5.73 Å². The van der Waals surface area contributed by atoms with Gasteiger partial charge in [0.05, 0.1) is 12.7 Å². The Hall–Kier alpha value is -1.94. The highest BCUT2D eigenvalue weighted by atomic mass is 32.2. The molecular weight excluding hydrogens is 264 g/mol. The molecule has 0 bridgehead atoms. The Labute approximate surface area is 103 Å². The Morgan fingerprint density at radius 1 is 1.50 bits per heavy atom. The van der Waals surface area contributed by atoms with Crippen LogP contribution in [0.15, 0.2) is 11.2 Å². The van der Waals surface area contributed by atoms with Crippen molar-refractivity contribution in [3.63, 3.8) is 0 Å². The molecule has 0 radical (unpaired) electrons. The van der Waals surface area contributed by atoms with Crippen LogP contribution in [0, 0.1) is 6.92 Å². The topological polar surface area (TPSA) is 146 Å². The number of hydrogen-bond donors (Lipinski definition) is 3. The van der Waals surface area contributed by atoms with Gasteiger partial charge in [-0.25, -0.2) is 13.4 Å². The lowest BCUT2D eigenvalue weighted by Gasteiger charge is -2.17. The van der Waals surface area contributed by atoms with Crippen LogP contribution in [0.5, 0.6) is 0 Å². The number of rotatable bonds is 6. The second kappa shape index (κ2) is 5.14. The van der Waals surface area contributed by atoms with Crippen LogP contribution in [-0.2, 0) is 19.6 Å². The average molecular weight is 276 g/mol. The number of imidazole rings is 1. The fraction of sp³-hybridized carbons (Fsp3) is 0.375. The molecule has 1 heterocycles. The van der Waals surface area contributed by atoms with Gasteiger partial charge in [-0.15, -0.1) is 0 Å². The Kier molecular flexibility index (Phi) is 4.03. The number of sulfonamides is 1. The summed E-state index contributed by atoms with van der Waals surface area (Å²) >= 11 is 0. The summed E-state index contributed by atoms with van der Waals surface area (Å²) in [4.78, 5) is 27.5. The van der Waals surface area contributed by atoms with Gasteiger partial charge in [0, 0.05) is 0 Å². The van der Waals surface area contributed by atoms with Crippen LogP contribution >= 0.6 is 0 Å². The van der Waals surface area contributed by atoms with Crippen LogP contribution in [-0.4, -0.2) is 52.8 Å². The zero-order valence-corrected chi connectivity index (χ0v) is 10.3. The highest BCUT2D eigenvalue weighted by molar-refractivity contribution is 7.89. The monoisotopic (exact) mass is 276 g/mol. The lowest BCUT2D eigenvalue weighted by Crippen LogP contribution is -2.41. The maximum absolute atomic E-state index is 12.0. The van der Waals surface area contributed by atoms with Crippen molar-refractivity contribution in [3.8, 4) is 0 Å². The highest BCUT2D eigenvalue weighted by Crippen LogP contribution is 2.12. The smallest absolute Gasteiger partial charge is 0.318 e. The Balaban J connectivity index is 3.10. The zero-order chi connectivity index (χ0) is 13.9. The molecule has 0 fully saturated rings. The number of carboxylic acids is 1. The van der Waals surface area contributed by atoms with Gasteiger partial charge in [0.25, 0.3) is 10.0 Å². The van der Waals surface area contributed by atoms with Crippen molar-refractivity contribution in [2.45, 2.75) is 11.9 Å². The number of primary amides is 1. The number of nitrogens with zero attached hydrogens (tertiary/aromatic N) is 2. The van der Waals surface area contributed by atoms with Gasteiger partial charge in [0.2, 0.25) is 5.91 Å². The molecule has 18 heavy (non-hydrogen) atoms. The van der Waals surface area contributed by atoms with Gasteiger partial charge in [-0.1, -0.05) is 0 Å². The zero-order valence-electron chi connectivity index (χ0n) is 9.45. The summed E-state index contributed by atoms with van der Waals surface area (Å²) in [6, 6.07) is 0. The first-order chi connectivity index (χ1) is 8.23. The van der Waals surface area contributed by atoms with Crippen molar-refractivity contribution < 1.29 is 23.1 Å². The molecular formula is C8H12N4O5S. The van der Waals surface area contributed by atoms with E-state index in [0.29, 0.717) is 10.1 Å². The molecule has 0 atom stereocenters. The minimum Gasteiger partial charge on any atom is -0.480 e. The largest absolute Gasteiger partial charge is 0.480 e. The van der Waals surface area contributed by atoms with Gasteiger partial charge >= 0.3 is 5.97 Å². The first-order valence-corrected chi connectivity index (χ1v) is 6.19. The number of hydrogen-bond acceptors (Lipinski definition) is 5. The molecule has 1 aromatic heterocycles. The molecule has 0 aliphatic carbocycles. The predicted octanol–water partition coefficient (Wildman–Crippen LogP) is -1.72. The molecule has 9 nitrogen and oxygen atoms in total. The van der Waals surface area contributed by atoms with Gasteiger partial charge in [0.15, 0.2) is 5.03 Å². The second-order valence-electron chi connectivity index (χ2n) is 3.47.